The monoisotopic (exact) mass is 322 g/mol. The molecule has 1 aromatic rings. The zero-order valence-corrected chi connectivity index (χ0v) is 15.1. The summed E-state index contributed by atoms with van der Waals surface area (Å²) in [5.41, 5.74) is -0.109. The van der Waals surface area contributed by atoms with Crippen molar-refractivity contribution in [2.75, 3.05) is 0 Å². The number of aromatic nitrogens is 2. The Morgan fingerprint density at radius 2 is 2.09 bits per heavy atom. The number of imidazole rings is 1. The van der Waals surface area contributed by atoms with Gasteiger partial charge in [-0.2, -0.15) is 0 Å². The zero-order valence-electron chi connectivity index (χ0n) is 15.1. The Kier molecular flexibility index (Phi) is 7.46. The van der Waals surface area contributed by atoms with E-state index in [2.05, 4.69) is 18.8 Å². The van der Waals surface area contributed by atoms with Crippen molar-refractivity contribution in [3.05, 3.63) is 17.7 Å². The molecule has 1 unspecified atom stereocenters. The van der Waals surface area contributed by atoms with E-state index in [0.717, 1.165) is 31.4 Å². The molecule has 0 spiro atoms. The SMILES string of the molecule is CCCCC(CC)Cc1ncc(C=O)n1COC(=O)C(C)(C)C. The highest BCUT2D eigenvalue weighted by Crippen LogP contribution is 2.20. The van der Waals surface area contributed by atoms with Gasteiger partial charge in [-0.05, 0) is 26.7 Å². The number of carbonyl (C=O) groups excluding carboxylic acids is 2. The molecular formula is C18H30N2O3. The Morgan fingerprint density at radius 3 is 2.61 bits per heavy atom. The molecule has 130 valence electrons. The smallest absolute Gasteiger partial charge is 0.312 e. The van der Waals surface area contributed by atoms with Gasteiger partial charge in [-0.25, -0.2) is 4.98 Å². The van der Waals surface area contributed by atoms with Crippen LogP contribution in [0.2, 0.25) is 0 Å². The van der Waals surface area contributed by atoms with Crippen molar-refractivity contribution in [1.29, 1.82) is 0 Å². The second-order valence-corrected chi connectivity index (χ2v) is 7.08. The van der Waals surface area contributed by atoms with Crippen molar-refractivity contribution in [3.63, 3.8) is 0 Å². The van der Waals surface area contributed by atoms with Gasteiger partial charge in [0.15, 0.2) is 13.0 Å². The highest BCUT2D eigenvalue weighted by molar-refractivity contribution is 5.75. The van der Waals surface area contributed by atoms with Crippen LogP contribution in [0.15, 0.2) is 6.20 Å². The van der Waals surface area contributed by atoms with Crippen LogP contribution < -0.4 is 0 Å². The van der Waals surface area contributed by atoms with E-state index in [-0.39, 0.29) is 12.7 Å². The number of nitrogens with zero attached hydrogens (tertiary/aromatic N) is 2. The predicted molar refractivity (Wildman–Crippen MR) is 90.2 cm³/mol. The molecule has 0 aliphatic carbocycles. The minimum atomic E-state index is -0.560. The maximum absolute atomic E-state index is 11.9. The highest BCUT2D eigenvalue weighted by Gasteiger charge is 2.24. The summed E-state index contributed by atoms with van der Waals surface area (Å²) in [7, 11) is 0. The second kappa shape index (κ2) is 8.85. The second-order valence-electron chi connectivity index (χ2n) is 7.08. The van der Waals surface area contributed by atoms with Gasteiger partial charge in [0.25, 0.3) is 0 Å². The Balaban J connectivity index is 2.83. The summed E-state index contributed by atoms with van der Waals surface area (Å²) in [4.78, 5) is 27.5. The van der Waals surface area contributed by atoms with Crippen LogP contribution in [0.5, 0.6) is 0 Å². The minimum Gasteiger partial charge on any atom is -0.443 e. The first kappa shape index (κ1) is 19.4. The maximum Gasteiger partial charge on any atom is 0.312 e. The van der Waals surface area contributed by atoms with Crippen molar-refractivity contribution in [2.24, 2.45) is 11.3 Å². The molecule has 0 aliphatic rings. The molecule has 1 rings (SSSR count). The minimum absolute atomic E-state index is 0.0454. The number of hydrogen-bond donors (Lipinski definition) is 0. The quantitative estimate of drug-likeness (QED) is 0.509. The molecule has 0 bridgehead atoms. The highest BCUT2D eigenvalue weighted by atomic mass is 16.5. The van der Waals surface area contributed by atoms with Gasteiger partial charge in [0.05, 0.1) is 11.6 Å². The van der Waals surface area contributed by atoms with Crippen LogP contribution in [0.4, 0.5) is 0 Å². The molecular weight excluding hydrogens is 292 g/mol. The first-order valence-corrected chi connectivity index (χ1v) is 8.50. The lowest BCUT2D eigenvalue weighted by Crippen LogP contribution is -2.25. The summed E-state index contributed by atoms with van der Waals surface area (Å²) in [6.45, 7) is 9.83. The summed E-state index contributed by atoms with van der Waals surface area (Å²) < 4.78 is 7.07. The lowest BCUT2D eigenvalue weighted by molar-refractivity contribution is -0.157. The van der Waals surface area contributed by atoms with E-state index in [1.165, 1.54) is 12.8 Å². The van der Waals surface area contributed by atoms with Gasteiger partial charge in [0, 0.05) is 6.42 Å². The molecule has 5 heteroatoms. The summed E-state index contributed by atoms with van der Waals surface area (Å²) in [6, 6.07) is 0. The van der Waals surface area contributed by atoms with Gasteiger partial charge in [0.2, 0.25) is 0 Å². The largest absolute Gasteiger partial charge is 0.443 e. The third-order valence-corrected chi connectivity index (χ3v) is 4.04. The number of ether oxygens (including phenoxy) is 1. The van der Waals surface area contributed by atoms with Gasteiger partial charge >= 0.3 is 5.97 Å². The zero-order chi connectivity index (χ0) is 17.5. The standard InChI is InChI=1S/C18H30N2O3/c1-6-8-9-14(7-2)10-16-19-11-15(12-21)20(16)13-23-17(22)18(3,4)5/h11-12,14H,6-10,13H2,1-5H3. The number of hydrogen-bond acceptors (Lipinski definition) is 4. The lowest BCUT2D eigenvalue weighted by atomic mass is 9.95. The average Bonchev–Trinajstić information content (AvgIpc) is 2.89. The van der Waals surface area contributed by atoms with Crippen molar-refractivity contribution in [3.8, 4) is 0 Å². The molecule has 1 atom stereocenters. The first-order valence-electron chi connectivity index (χ1n) is 8.50. The summed E-state index contributed by atoms with van der Waals surface area (Å²) in [5.74, 6) is 1.07. The topological polar surface area (TPSA) is 61.2 Å². The number of aldehydes is 1. The van der Waals surface area contributed by atoms with Crippen molar-refractivity contribution in [1.82, 2.24) is 9.55 Å². The van der Waals surface area contributed by atoms with E-state index in [9.17, 15) is 9.59 Å². The Bertz CT molecular complexity index is 515. The Labute approximate surface area is 139 Å². The van der Waals surface area contributed by atoms with Gasteiger partial charge in [-0.15, -0.1) is 0 Å². The van der Waals surface area contributed by atoms with E-state index in [1.54, 1.807) is 10.8 Å². The van der Waals surface area contributed by atoms with Crippen LogP contribution >= 0.6 is 0 Å². The molecule has 0 saturated heterocycles. The van der Waals surface area contributed by atoms with Gasteiger partial charge in [-0.3, -0.25) is 14.2 Å². The molecule has 0 radical (unpaired) electrons. The molecule has 0 saturated carbocycles. The molecule has 1 aromatic heterocycles. The molecule has 0 fully saturated rings. The van der Waals surface area contributed by atoms with Crippen LogP contribution in [0.1, 0.15) is 76.6 Å². The van der Waals surface area contributed by atoms with Crippen LogP contribution in [0, 0.1) is 11.3 Å². The number of carbonyl (C=O) groups is 2. The van der Waals surface area contributed by atoms with Gasteiger partial charge < -0.3 is 4.74 Å². The number of unbranched alkanes of at least 4 members (excludes halogenated alkanes) is 1. The fraction of sp³-hybridized carbons (Fsp3) is 0.722. The van der Waals surface area contributed by atoms with Crippen LogP contribution in [-0.2, 0) is 22.7 Å². The Morgan fingerprint density at radius 1 is 1.39 bits per heavy atom. The van der Waals surface area contributed by atoms with E-state index in [1.807, 2.05) is 20.8 Å². The third-order valence-electron chi connectivity index (χ3n) is 4.04. The fourth-order valence-corrected chi connectivity index (χ4v) is 2.38. The molecule has 23 heavy (non-hydrogen) atoms. The van der Waals surface area contributed by atoms with Gasteiger partial charge in [-0.1, -0.05) is 39.5 Å². The molecule has 0 aliphatic heterocycles. The van der Waals surface area contributed by atoms with E-state index >= 15 is 0 Å². The predicted octanol–water partition coefficient (Wildman–Crippen LogP) is 4.00. The summed E-state index contributed by atoms with van der Waals surface area (Å²) >= 11 is 0. The van der Waals surface area contributed by atoms with Crippen LogP contribution in [0.25, 0.3) is 0 Å². The summed E-state index contributed by atoms with van der Waals surface area (Å²) in [6.07, 6.45) is 7.71. The average molecular weight is 322 g/mol. The lowest BCUT2D eigenvalue weighted by Gasteiger charge is -2.19. The number of rotatable bonds is 9. The van der Waals surface area contributed by atoms with E-state index in [0.29, 0.717) is 11.6 Å². The van der Waals surface area contributed by atoms with Crippen LogP contribution in [0.3, 0.4) is 0 Å². The summed E-state index contributed by atoms with van der Waals surface area (Å²) in [5, 5.41) is 0. The van der Waals surface area contributed by atoms with Crippen molar-refractivity contribution in [2.45, 2.75) is 73.5 Å². The normalized spacial score (nSPS) is 12.9. The first-order chi connectivity index (χ1) is 10.8. The molecule has 1 heterocycles. The van der Waals surface area contributed by atoms with E-state index < -0.39 is 5.41 Å². The van der Waals surface area contributed by atoms with Crippen molar-refractivity contribution >= 4 is 12.3 Å². The molecule has 0 N–H and O–H groups in total. The number of esters is 1. The van der Waals surface area contributed by atoms with Crippen molar-refractivity contribution < 1.29 is 14.3 Å². The third kappa shape index (κ3) is 5.81. The van der Waals surface area contributed by atoms with Crippen LogP contribution in [-0.4, -0.2) is 21.8 Å². The molecule has 0 amide bonds. The Hall–Kier alpha value is -1.65. The fourth-order valence-electron chi connectivity index (χ4n) is 2.38. The van der Waals surface area contributed by atoms with E-state index in [4.69, 9.17) is 4.74 Å². The molecule has 5 nitrogen and oxygen atoms in total. The molecule has 0 aromatic carbocycles. The maximum atomic E-state index is 11.9. The van der Waals surface area contributed by atoms with Gasteiger partial charge in [0.1, 0.15) is 11.5 Å².